The molecular weight excluding hydrogens is 318 g/mol. The van der Waals surface area contributed by atoms with E-state index in [0.29, 0.717) is 13.2 Å². The maximum atomic E-state index is 12.9. The second-order valence-electron chi connectivity index (χ2n) is 5.98. The van der Waals surface area contributed by atoms with Crippen LogP contribution in [0.2, 0.25) is 0 Å². The van der Waals surface area contributed by atoms with Gasteiger partial charge in [0.1, 0.15) is 11.5 Å². The number of phenols is 1. The van der Waals surface area contributed by atoms with Gasteiger partial charge in [-0.1, -0.05) is 30.3 Å². The van der Waals surface area contributed by atoms with Gasteiger partial charge in [0.15, 0.2) is 0 Å². The number of ether oxygens (including phenoxy) is 2. The minimum absolute atomic E-state index is 0.00106. The number of hydrogen-bond acceptors (Lipinski definition) is 4. The Kier molecular flexibility index (Phi) is 6.83. The van der Waals surface area contributed by atoms with Crippen LogP contribution in [-0.4, -0.2) is 42.8 Å². The summed E-state index contributed by atoms with van der Waals surface area (Å²) < 4.78 is 10.6. The fraction of sp³-hybridized carbons (Fsp3) is 0.350. The van der Waals surface area contributed by atoms with E-state index in [1.807, 2.05) is 31.2 Å². The van der Waals surface area contributed by atoms with Gasteiger partial charge in [0, 0.05) is 19.2 Å². The van der Waals surface area contributed by atoms with E-state index in [-0.39, 0.29) is 24.1 Å². The van der Waals surface area contributed by atoms with E-state index in [1.165, 1.54) is 0 Å². The Morgan fingerprint density at radius 2 is 1.80 bits per heavy atom. The minimum Gasteiger partial charge on any atom is -0.508 e. The molecule has 0 aromatic heterocycles. The first-order valence-electron chi connectivity index (χ1n) is 8.23. The number of rotatable bonds is 8. The van der Waals surface area contributed by atoms with Crippen molar-refractivity contribution >= 4 is 5.91 Å². The van der Waals surface area contributed by atoms with Crippen LogP contribution in [0.15, 0.2) is 48.5 Å². The molecule has 2 rings (SSSR count). The van der Waals surface area contributed by atoms with Gasteiger partial charge in [-0.3, -0.25) is 4.79 Å². The lowest BCUT2D eigenvalue weighted by Crippen LogP contribution is -2.41. The second kappa shape index (κ2) is 9.08. The average Bonchev–Trinajstić information content (AvgIpc) is 2.62. The van der Waals surface area contributed by atoms with Crippen LogP contribution < -0.4 is 4.74 Å². The van der Waals surface area contributed by atoms with Crippen molar-refractivity contribution in [3.05, 3.63) is 59.7 Å². The van der Waals surface area contributed by atoms with Crippen molar-refractivity contribution in [1.82, 2.24) is 4.90 Å². The summed E-state index contributed by atoms with van der Waals surface area (Å²) in [5.41, 5.74) is 1.81. The largest absolute Gasteiger partial charge is 0.508 e. The Labute approximate surface area is 148 Å². The Morgan fingerprint density at radius 1 is 1.12 bits per heavy atom. The molecule has 0 radical (unpaired) electrons. The molecule has 0 heterocycles. The van der Waals surface area contributed by atoms with Crippen LogP contribution in [0.25, 0.3) is 0 Å². The summed E-state index contributed by atoms with van der Waals surface area (Å²) in [5.74, 6) is 0.950. The Morgan fingerprint density at radius 3 is 2.44 bits per heavy atom. The van der Waals surface area contributed by atoms with Crippen LogP contribution in [0.1, 0.15) is 18.1 Å². The number of phenolic OH excluding ortho intramolecular Hbond substituents is 1. The summed E-state index contributed by atoms with van der Waals surface area (Å²) in [6, 6.07) is 14.3. The molecule has 0 aliphatic heterocycles. The molecule has 2 aromatic rings. The highest BCUT2D eigenvalue weighted by Gasteiger charge is 2.22. The molecule has 0 aliphatic carbocycles. The van der Waals surface area contributed by atoms with Gasteiger partial charge < -0.3 is 19.5 Å². The molecule has 0 saturated carbocycles. The van der Waals surface area contributed by atoms with E-state index < -0.39 is 0 Å². The Hall–Kier alpha value is -2.53. The normalized spacial score (nSPS) is 11.8. The highest BCUT2D eigenvalue weighted by molar-refractivity contribution is 5.79. The number of methoxy groups -OCH3 is 2. The number of hydrogen-bond donors (Lipinski definition) is 1. The summed E-state index contributed by atoms with van der Waals surface area (Å²) in [6.45, 7) is 2.87. The van der Waals surface area contributed by atoms with Crippen molar-refractivity contribution in [2.45, 2.75) is 25.9 Å². The van der Waals surface area contributed by atoms with E-state index >= 15 is 0 Å². The standard InChI is InChI=1S/C20H25NO4/c1-15(14-24-2)21(13-17-6-4-5-7-19(17)25-3)20(23)12-16-8-10-18(22)11-9-16/h4-11,15,22H,12-14H2,1-3H3. The van der Waals surface area contributed by atoms with Crippen LogP contribution in [0.4, 0.5) is 0 Å². The average molecular weight is 343 g/mol. The number of carbonyl (C=O) groups excluding carboxylic acids is 1. The zero-order valence-corrected chi connectivity index (χ0v) is 14.9. The van der Waals surface area contributed by atoms with Crippen LogP contribution in [0.5, 0.6) is 11.5 Å². The van der Waals surface area contributed by atoms with Crippen LogP contribution in [0, 0.1) is 0 Å². The van der Waals surface area contributed by atoms with Crippen molar-refractivity contribution in [3.63, 3.8) is 0 Å². The molecule has 2 aromatic carbocycles. The van der Waals surface area contributed by atoms with Crippen molar-refractivity contribution in [1.29, 1.82) is 0 Å². The van der Waals surface area contributed by atoms with E-state index in [1.54, 1.807) is 43.4 Å². The number of carbonyl (C=O) groups is 1. The van der Waals surface area contributed by atoms with Crippen LogP contribution in [-0.2, 0) is 22.5 Å². The molecule has 1 N–H and O–H groups in total. The third-order valence-electron chi connectivity index (χ3n) is 4.09. The monoisotopic (exact) mass is 343 g/mol. The number of para-hydroxylation sites is 1. The molecule has 0 saturated heterocycles. The van der Waals surface area contributed by atoms with Gasteiger partial charge in [-0.15, -0.1) is 0 Å². The molecule has 1 amide bonds. The SMILES string of the molecule is COCC(C)N(Cc1ccccc1OC)C(=O)Cc1ccc(O)cc1. The summed E-state index contributed by atoms with van der Waals surface area (Å²) in [5, 5.41) is 9.38. The summed E-state index contributed by atoms with van der Waals surface area (Å²) in [6.07, 6.45) is 0.267. The van der Waals surface area contributed by atoms with Crippen molar-refractivity contribution in [2.75, 3.05) is 20.8 Å². The number of nitrogens with zero attached hydrogens (tertiary/aromatic N) is 1. The first-order valence-corrected chi connectivity index (χ1v) is 8.23. The van der Waals surface area contributed by atoms with E-state index in [2.05, 4.69) is 0 Å². The van der Waals surface area contributed by atoms with Gasteiger partial charge in [0.05, 0.1) is 26.2 Å². The van der Waals surface area contributed by atoms with Crippen molar-refractivity contribution < 1.29 is 19.4 Å². The first kappa shape index (κ1) is 18.8. The summed E-state index contributed by atoms with van der Waals surface area (Å²) >= 11 is 0. The predicted octanol–water partition coefficient (Wildman–Crippen LogP) is 3.01. The van der Waals surface area contributed by atoms with Gasteiger partial charge in [-0.25, -0.2) is 0 Å². The van der Waals surface area contributed by atoms with Crippen LogP contribution in [0.3, 0.4) is 0 Å². The zero-order valence-electron chi connectivity index (χ0n) is 14.9. The Bertz CT molecular complexity index is 684. The van der Waals surface area contributed by atoms with Gasteiger partial charge in [0.25, 0.3) is 0 Å². The van der Waals surface area contributed by atoms with E-state index in [9.17, 15) is 9.90 Å². The third-order valence-corrected chi connectivity index (χ3v) is 4.09. The number of benzene rings is 2. The van der Waals surface area contributed by atoms with Crippen LogP contribution >= 0.6 is 0 Å². The van der Waals surface area contributed by atoms with E-state index in [0.717, 1.165) is 16.9 Å². The second-order valence-corrected chi connectivity index (χ2v) is 5.98. The van der Waals surface area contributed by atoms with Gasteiger partial charge in [-0.2, -0.15) is 0 Å². The molecule has 0 bridgehead atoms. The molecule has 134 valence electrons. The fourth-order valence-corrected chi connectivity index (χ4v) is 2.73. The summed E-state index contributed by atoms with van der Waals surface area (Å²) in [4.78, 5) is 14.7. The summed E-state index contributed by atoms with van der Waals surface area (Å²) in [7, 11) is 3.25. The van der Waals surface area contributed by atoms with Crippen molar-refractivity contribution in [3.8, 4) is 11.5 Å². The van der Waals surface area contributed by atoms with E-state index in [4.69, 9.17) is 9.47 Å². The fourth-order valence-electron chi connectivity index (χ4n) is 2.73. The minimum atomic E-state index is -0.0699. The molecule has 25 heavy (non-hydrogen) atoms. The lowest BCUT2D eigenvalue weighted by Gasteiger charge is -2.29. The predicted molar refractivity (Wildman–Crippen MR) is 96.7 cm³/mol. The number of aromatic hydroxyl groups is 1. The molecule has 5 heteroatoms. The molecule has 0 aliphatic rings. The lowest BCUT2D eigenvalue weighted by atomic mass is 10.1. The van der Waals surface area contributed by atoms with Gasteiger partial charge in [0.2, 0.25) is 5.91 Å². The lowest BCUT2D eigenvalue weighted by molar-refractivity contribution is -0.134. The molecule has 5 nitrogen and oxygen atoms in total. The molecule has 1 atom stereocenters. The molecule has 1 unspecified atom stereocenters. The van der Waals surface area contributed by atoms with Gasteiger partial charge in [-0.05, 0) is 30.7 Å². The first-order chi connectivity index (χ1) is 12.0. The Balaban J connectivity index is 2.19. The number of amides is 1. The highest BCUT2D eigenvalue weighted by atomic mass is 16.5. The maximum Gasteiger partial charge on any atom is 0.227 e. The topological polar surface area (TPSA) is 59.0 Å². The van der Waals surface area contributed by atoms with Gasteiger partial charge >= 0.3 is 0 Å². The third kappa shape index (κ3) is 5.22. The molecule has 0 fully saturated rings. The smallest absolute Gasteiger partial charge is 0.227 e. The van der Waals surface area contributed by atoms with Crippen molar-refractivity contribution in [2.24, 2.45) is 0 Å². The maximum absolute atomic E-state index is 12.9. The highest BCUT2D eigenvalue weighted by Crippen LogP contribution is 2.21. The zero-order chi connectivity index (χ0) is 18.2. The molecule has 0 spiro atoms. The molecular formula is C20H25NO4. The quantitative estimate of drug-likeness (QED) is 0.800.